The van der Waals surface area contributed by atoms with Gasteiger partial charge in [0.15, 0.2) is 5.13 Å². The Hall–Kier alpha value is -4.08. The molecular weight excluding hydrogens is 617 g/mol. The first-order valence-corrected chi connectivity index (χ1v) is 15.8. The number of carbonyl (C=O) groups excluding carboxylic acids is 2. The highest BCUT2D eigenvalue weighted by molar-refractivity contribution is 7.89. The van der Waals surface area contributed by atoms with Crippen molar-refractivity contribution in [2.24, 2.45) is 5.73 Å². The molecule has 1 fully saturated rings. The molecule has 10 nitrogen and oxygen atoms in total. The van der Waals surface area contributed by atoms with Crippen molar-refractivity contribution >= 4 is 49.2 Å². The molecule has 232 valence electrons. The van der Waals surface area contributed by atoms with Gasteiger partial charge in [0.2, 0.25) is 15.9 Å². The molecule has 0 bridgehead atoms. The van der Waals surface area contributed by atoms with E-state index in [2.05, 4.69) is 20.0 Å². The van der Waals surface area contributed by atoms with Gasteiger partial charge in [-0.3, -0.25) is 15.1 Å². The van der Waals surface area contributed by atoms with E-state index in [0.717, 1.165) is 40.9 Å². The molecule has 2 atom stereocenters. The number of carbonyl (C=O) groups is 2. The van der Waals surface area contributed by atoms with Crippen LogP contribution in [0.15, 0.2) is 65.7 Å². The van der Waals surface area contributed by atoms with Crippen molar-refractivity contribution in [1.29, 1.82) is 0 Å². The normalized spacial score (nSPS) is 17.6. The van der Waals surface area contributed by atoms with Gasteiger partial charge in [-0.15, -0.1) is 0 Å². The van der Waals surface area contributed by atoms with Crippen molar-refractivity contribution < 1.29 is 31.2 Å². The number of primary amides is 1. The Labute approximate surface area is 255 Å². The molecular formula is C29H29F3N6O4S2. The van der Waals surface area contributed by atoms with Crippen LogP contribution in [-0.4, -0.2) is 60.0 Å². The predicted molar refractivity (Wildman–Crippen MR) is 161 cm³/mol. The zero-order chi connectivity index (χ0) is 32.0. The summed E-state index contributed by atoms with van der Waals surface area (Å²) in [6, 6.07) is 12.3. The summed E-state index contributed by atoms with van der Waals surface area (Å²) in [4.78, 5) is 35.5. The molecule has 0 radical (unpaired) electrons. The van der Waals surface area contributed by atoms with E-state index in [1.165, 1.54) is 18.3 Å². The van der Waals surface area contributed by atoms with Crippen LogP contribution >= 0.6 is 11.3 Å². The molecule has 5 rings (SSSR count). The molecule has 4 aromatic rings. The number of sulfonamides is 1. The number of anilines is 1. The Morgan fingerprint density at radius 3 is 2.45 bits per heavy atom. The fourth-order valence-corrected chi connectivity index (χ4v) is 7.20. The van der Waals surface area contributed by atoms with Gasteiger partial charge in [-0.25, -0.2) is 22.9 Å². The second-order valence-corrected chi connectivity index (χ2v) is 13.8. The molecule has 3 amide bonds. The summed E-state index contributed by atoms with van der Waals surface area (Å²) in [6.45, 7) is 3.61. The fourth-order valence-electron chi connectivity index (χ4n) is 4.98. The molecule has 3 heterocycles. The van der Waals surface area contributed by atoms with Crippen LogP contribution in [0, 0.1) is 6.92 Å². The number of amides is 3. The Morgan fingerprint density at radius 2 is 1.77 bits per heavy atom. The van der Waals surface area contributed by atoms with Crippen LogP contribution < -0.4 is 15.8 Å². The van der Waals surface area contributed by atoms with Gasteiger partial charge >= 0.3 is 12.2 Å². The van der Waals surface area contributed by atoms with Crippen molar-refractivity contribution in [3.05, 3.63) is 72.2 Å². The number of urea groups is 1. The second kappa shape index (κ2) is 11.4. The third-order valence-electron chi connectivity index (χ3n) is 7.63. The van der Waals surface area contributed by atoms with Gasteiger partial charge in [-0.2, -0.15) is 13.2 Å². The van der Waals surface area contributed by atoms with E-state index < -0.39 is 45.6 Å². The second-order valence-electron chi connectivity index (χ2n) is 11.0. The number of nitrogens with one attached hydrogen (secondary N) is 2. The van der Waals surface area contributed by atoms with E-state index in [1.807, 2.05) is 12.1 Å². The number of aryl methyl sites for hydroxylation is 1. The summed E-state index contributed by atoms with van der Waals surface area (Å²) in [6.07, 6.45) is -3.27. The lowest BCUT2D eigenvalue weighted by atomic mass is 9.87. The number of rotatable bonds is 7. The zero-order valence-electron chi connectivity index (χ0n) is 23.8. The molecule has 1 saturated heterocycles. The Balaban J connectivity index is 1.32. The molecule has 44 heavy (non-hydrogen) atoms. The van der Waals surface area contributed by atoms with Crippen molar-refractivity contribution in [2.45, 2.75) is 55.8 Å². The minimum Gasteiger partial charge on any atom is -0.368 e. The number of likely N-dealkylation sites (tertiary alicyclic amines) is 1. The summed E-state index contributed by atoms with van der Waals surface area (Å²) in [5.41, 5.74) is 4.11. The van der Waals surface area contributed by atoms with Crippen LogP contribution in [0.2, 0.25) is 0 Å². The maximum Gasteiger partial charge on any atom is 0.399 e. The molecule has 4 N–H and O–H groups in total. The topological polar surface area (TPSA) is 147 Å². The first-order valence-electron chi connectivity index (χ1n) is 13.5. The van der Waals surface area contributed by atoms with Crippen molar-refractivity contribution in [1.82, 2.24) is 19.6 Å². The standard InChI is InChI=1S/C29H29F3N6O4S2/c1-16-24(19-10-11-34-23(13-19)28(2,3)29(30,31)32)43-26(35-16)36-27(40)38-15-20(14-22(38)25(33)39)37-44(41,42)21-9-8-17-6-4-5-7-18(17)12-21/h4-13,20,22,37H,14-15H2,1-3H3,(H2,33,39)(H,35,36,40)/t20-,22+/m1/s1. The van der Waals surface area contributed by atoms with E-state index in [0.29, 0.717) is 16.1 Å². The highest BCUT2D eigenvalue weighted by Crippen LogP contribution is 2.41. The van der Waals surface area contributed by atoms with Crippen molar-refractivity contribution in [3.63, 3.8) is 0 Å². The first kappa shape index (κ1) is 31.3. The van der Waals surface area contributed by atoms with Gasteiger partial charge in [-0.05, 0) is 67.8 Å². The summed E-state index contributed by atoms with van der Waals surface area (Å²) in [5.74, 6) is -0.805. The molecule has 15 heteroatoms. The highest BCUT2D eigenvalue weighted by Gasteiger charge is 2.49. The van der Waals surface area contributed by atoms with Crippen LogP contribution in [0.5, 0.6) is 0 Å². The lowest BCUT2D eigenvalue weighted by molar-refractivity contribution is -0.181. The molecule has 2 aromatic carbocycles. The Kier molecular flexibility index (Phi) is 8.16. The summed E-state index contributed by atoms with van der Waals surface area (Å²) >= 11 is 1.04. The van der Waals surface area contributed by atoms with E-state index in [9.17, 15) is 31.2 Å². The molecule has 2 aromatic heterocycles. The monoisotopic (exact) mass is 646 g/mol. The smallest absolute Gasteiger partial charge is 0.368 e. The predicted octanol–water partition coefficient (Wildman–Crippen LogP) is 4.95. The van der Waals surface area contributed by atoms with Crippen LogP contribution in [0.1, 0.15) is 31.7 Å². The average Bonchev–Trinajstić information content (AvgIpc) is 3.55. The summed E-state index contributed by atoms with van der Waals surface area (Å²) in [5, 5.41) is 4.37. The number of alkyl halides is 3. The number of nitrogens with two attached hydrogens (primary N) is 1. The largest absolute Gasteiger partial charge is 0.399 e. The number of benzene rings is 2. The number of hydrogen-bond donors (Lipinski definition) is 3. The van der Waals surface area contributed by atoms with Gasteiger partial charge in [0, 0.05) is 18.8 Å². The molecule has 0 aliphatic carbocycles. The third-order valence-corrected chi connectivity index (χ3v) is 10.3. The van der Waals surface area contributed by atoms with Crippen molar-refractivity contribution in [2.75, 3.05) is 11.9 Å². The number of halogens is 3. The van der Waals surface area contributed by atoms with Crippen LogP contribution in [0.3, 0.4) is 0 Å². The van der Waals surface area contributed by atoms with E-state index in [-0.39, 0.29) is 28.7 Å². The van der Waals surface area contributed by atoms with Gasteiger partial charge in [-0.1, -0.05) is 41.7 Å². The minimum atomic E-state index is -4.52. The van der Waals surface area contributed by atoms with Gasteiger partial charge < -0.3 is 10.6 Å². The molecule has 1 aliphatic rings. The molecule has 0 spiro atoms. The molecule has 1 aliphatic heterocycles. The lowest BCUT2D eigenvalue weighted by Crippen LogP contribution is -2.46. The Bertz CT molecular complexity index is 1860. The van der Waals surface area contributed by atoms with E-state index >= 15 is 0 Å². The zero-order valence-corrected chi connectivity index (χ0v) is 25.5. The van der Waals surface area contributed by atoms with Crippen LogP contribution in [0.25, 0.3) is 21.2 Å². The number of thiazole rings is 1. The van der Waals surface area contributed by atoms with Crippen LogP contribution in [-0.2, 0) is 20.2 Å². The van der Waals surface area contributed by atoms with E-state index in [4.69, 9.17) is 5.73 Å². The number of hydrogen-bond acceptors (Lipinski definition) is 7. The Morgan fingerprint density at radius 1 is 1.07 bits per heavy atom. The van der Waals surface area contributed by atoms with E-state index in [1.54, 1.807) is 37.3 Å². The maximum absolute atomic E-state index is 13.6. The van der Waals surface area contributed by atoms with Crippen LogP contribution in [0.4, 0.5) is 23.1 Å². The minimum absolute atomic E-state index is 0.0352. The SMILES string of the molecule is Cc1nc(NC(=O)N2C[C@H](NS(=O)(=O)c3ccc4ccccc4c3)C[C@H]2C(N)=O)sc1-c1ccnc(C(C)(C)C(F)(F)F)c1. The lowest BCUT2D eigenvalue weighted by Gasteiger charge is -2.27. The maximum atomic E-state index is 13.6. The van der Waals surface area contributed by atoms with Gasteiger partial charge in [0.05, 0.1) is 21.2 Å². The number of pyridine rings is 1. The molecule has 0 unspecified atom stereocenters. The quantitative estimate of drug-likeness (QED) is 0.259. The number of fused-ring (bicyclic) bond motifs is 1. The summed E-state index contributed by atoms with van der Waals surface area (Å²) < 4.78 is 69.7. The fraction of sp³-hybridized carbons (Fsp3) is 0.310. The van der Waals surface area contributed by atoms with Crippen molar-refractivity contribution in [3.8, 4) is 10.4 Å². The summed E-state index contributed by atoms with van der Waals surface area (Å²) in [7, 11) is -3.99. The average molecular weight is 647 g/mol. The highest BCUT2D eigenvalue weighted by atomic mass is 32.2. The van der Waals surface area contributed by atoms with Gasteiger partial charge in [0.25, 0.3) is 0 Å². The number of aromatic nitrogens is 2. The number of nitrogens with zero attached hydrogens (tertiary/aromatic N) is 3. The first-order chi connectivity index (χ1) is 20.6. The molecule has 0 saturated carbocycles. The third kappa shape index (κ3) is 6.12. The van der Waals surface area contributed by atoms with Gasteiger partial charge in [0.1, 0.15) is 11.5 Å².